The van der Waals surface area contributed by atoms with E-state index in [0.29, 0.717) is 5.02 Å². The summed E-state index contributed by atoms with van der Waals surface area (Å²) in [7, 11) is 0. The number of hydrogen-bond donors (Lipinski definition) is 1. The largest absolute Gasteiger partial charge is 0.367 e. The summed E-state index contributed by atoms with van der Waals surface area (Å²) in [6.07, 6.45) is 3.50. The molecule has 0 unspecified atom stereocenters. The van der Waals surface area contributed by atoms with Crippen molar-refractivity contribution < 1.29 is 0 Å². The molecule has 136 valence electrons. The van der Waals surface area contributed by atoms with Crippen LogP contribution in [0.3, 0.4) is 0 Å². The Labute approximate surface area is 159 Å². The van der Waals surface area contributed by atoms with Gasteiger partial charge in [-0.3, -0.25) is 4.98 Å². The molecule has 1 aromatic carbocycles. The van der Waals surface area contributed by atoms with Crippen LogP contribution in [0, 0.1) is 0 Å². The van der Waals surface area contributed by atoms with E-state index < -0.39 is 0 Å². The van der Waals surface area contributed by atoms with Gasteiger partial charge in [-0.15, -0.1) is 0 Å². The topological polar surface area (TPSA) is 48.1 Å². The van der Waals surface area contributed by atoms with Gasteiger partial charge in [-0.2, -0.15) is 0 Å². The van der Waals surface area contributed by atoms with Gasteiger partial charge in [-0.1, -0.05) is 38.4 Å². The SMILES string of the molecule is CC(C)(C)c1ccc2nc(N3CCN(c4ccncc4Cl)CC3)[nH]c2c1. The number of piperazine rings is 1. The first kappa shape index (κ1) is 17.2. The summed E-state index contributed by atoms with van der Waals surface area (Å²) in [5.74, 6) is 0.950. The summed E-state index contributed by atoms with van der Waals surface area (Å²) in [5.41, 5.74) is 4.63. The molecule has 0 aliphatic carbocycles. The summed E-state index contributed by atoms with van der Waals surface area (Å²) >= 11 is 6.28. The Morgan fingerprint density at radius 3 is 2.46 bits per heavy atom. The van der Waals surface area contributed by atoms with Crippen LogP contribution in [0.25, 0.3) is 11.0 Å². The number of rotatable bonds is 2. The molecular weight excluding hydrogens is 346 g/mol. The molecule has 0 bridgehead atoms. The molecule has 1 fully saturated rings. The number of fused-ring (bicyclic) bond motifs is 1. The van der Waals surface area contributed by atoms with Crippen LogP contribution in [0.5, 0.6) is 0 Å². The fourth-order valence-corrected chi connectivity index (χ4v) is 3.63. The van der Waals surface area contributed by atoms with Crippen molar-refractivity contribution in [3.63, 3.8) is 0 Å². The highest BCUT2D eigenvalue weighted by Gasteiger charge is 2.22. The van der Waals surface area contributed by atoms with Crippen molar-refractivity contribution >= 4 is 34.3 Å². The number of aromatic nitrogens is 3. The zero-order chi connectivity index (χ0) is 18.3. The number of anilines is 2. The van der Waals surface area contributed by atoms with E-state index in [4.69, 9.17) is 16.6 Å². The predicted octanol–water partition coefficient (Wildman–Crippen LogP) is 4.24. The number of pyridine rings is 1. The van der Waals surface area contributed by atoms with Crippen LogP contribution in [0.1, 0.15) is 26.3 Å². The van der Waals surface area contributed by atoms with Gasteiger partial charge in [-0.05, 0) is 29.2 Å². The molecular formula is C20H24ClN5. The van der Waals surface area contributed by atoms with Gasteiger partial charge in [0.15, 0.2) is 0 Å². The van der Waals surface area contributed by atoms with Crippen LogP contribution in [-0.2, 0) is 5.41 Å². The van der Waals surface area contributed by atoms with Crippen molar-refractivity contribution in [2.24, 2.45) is 0 Å². The van der Waals surface area contributed by atoms with Gasteiger partial charge in [0.1, 0.15) is 0 Å². The zero-order valence-electron chi connectivity index (χ0n) is 15.5. The van der Waals surface area contributed by atoms with Gasteiger partial charge >= 0.3 is 0 Å². The number of benzene rings is 1. The Balaban J connectivity index is 1.52. The van der Waals surface area contributed by atoms with Crippen molar-refractivity contribution in [2.75, 3.05) is 36.0 Å². The van der Waals surface area contributed by atoms with Crippen LogP contribution in [0.4, 0.5) is 11.6 Å². The van der Waals surface area contributed by atoms with Gasteiger partial charge in [0, 0.05) is 38.6 Å². The van der Waals surface area contributed by atoms with Crippen LogP contribution in [-0.4, -0.2) is 41.1 Å². The maximum atomic E-state index is 6.28. The quantitative estimate of drug-likeness (QED) is 0.734. The lowest BCUT2D eigenvalue weighted by Crippen LogP contribution is -2.47. The zero-order valence-corrected chi connectivity index (χ0v) is 16.2. The van der Waals surface area contributed by atoms with E-state index in [-0.39, 0.29) is 5.41 Å². The molecule has 2 aromatic heterocycles. The minimum absolute atomic E-state index is 0.134. The number of nitrogens with zero attached hydrogens (tertiary/aromatic N) is 4. The second kappa shape index (κ2) is 6.47. The first-order valence-corrected chi connectivity index (χ1v) is 9.39. The second-order valence-corrected chi connectivity index (χ2v) is 8.25. The third kappa shape index (κ3) is 3.23. The summed E-state index contributed by atoms with van der Waals surface area (Å²) in [6, 6.07) is 8.49. The molecule has 1 N–H and O–H groups in total. The lowest BCUT2D eigenvalue weighted by atomic mass is 9.87. The molecule has 3 aromatic rings. The Kier molecular flexibility index (Phi) is 4.27. The fraction of sp³-hybridized carbons (Fsp3) is 0.400. The molecule has 1 aliphatic heterocycles. The normalized spacial score (nSPS) is 15.7. The van der Waals surface area contributed by atoms with Gasteiger partial charge < -0.3 is 14.8 Å². The number of imidazole rings is 1. The van der Waals surface area contributed by atoms with E-state index in [2.05, 4.69) is 58.7 Å². The van der Waals surface area contributed by atoms with E-state index in [1.54, 1.807) is 12.4 Å². The second-order valence-electron chi connectivity index (χ2n) is 7.84. The van der Waals surface area contributed by atoms with Gasteiger partial charge in [0.05, 0.1) is 21.7 Å². The summed E-state index contributed by atoms with van der Waals surface area (Å²) in [5, 5.41) is 0.708. The first-order chi connectivity index (χ1) is 12.4. The standard InChI is InChI=1S/C20H24ClN5/c1-20(2,3)14-4-5-16-17(12-14)24-19(23-16)26-10-8-25(9-11-26)18-6-7-22-13-15(18)21/h4-7,12-13H,8-11H2,1-3H3,(H,23,24). The highest BCUT2D eigenvalue weighted by Crippen LogP contribution is 2.28. The minimum Gasteiger partial charge on any atom is -0.367 e. The number of aromatic amines is 1. The molecule has 26 heavy (non-hydrogen) atoms. The summed E-state index contributed by atoms with van der Waals surface area (Å²) in [4.78, 5) is 17.0. The Morgan fingerprint density at radius 2 is 1.77 bits per heavy atom. The molecule has 1 saturated heterocycles. The molecule has 0 atom stereocenters. The summed E-state index contributed by atoms with van der Waals surface area (Å²) in [6.45, 7) is 10.3. The average molecular weight is 370 g/mol. The lowest BCUT2D eigenvalue weighted by molar-refractivity contribution is 0.591. The highest BCUT2D eigenvalue weighted by atomic mass is 35.5. The molecule has 4 rings (SSSR count). The van der Waals surface area contributed by atoms with Crippen LogP contribution < -0.4 is 9.80 Å². The van der Waals surface area contributed by atoms with Crippen molar-refractivity contribution in [1.29, 1.82) is 0 Å². The van der Waals surface area contributed by atoms with Crippen molar-refractivity contribution in [1.82, 2.24) is 15.0 Å². The highest BCUT2D eigenvalue weighted by molar-refractivity contribution is 6.33. The van der Waals surface area contributed by atoms with E-state index in [0.717, 1.165) is 48.8 Å². The number of hydrogen-bond acceptors (Lipinski definition) is 4. The van der Waals surface area contributed by atoms with E-state index in [9.17, 15) is 0 Å². The average Bonchev–Trinajstić information content (AvgIpc) is 3.05. The summed E-state index contributed by atoms with van der Waals surface area (Å²) < 4.78 is 0. The minimum atomic E-state index is 0.134. The molecule has 0 spiro atoms. The molecule has 0 radical (unpaired) electrons. The van der Waals surface area contributed by atoms with Crippen molar-refractivity contribution in [2.45, 2.75) is 26.2 Å². The van der Waals surface area contributed by atoms with Crippen LogP contribution in [0.15, 0.2) is 36.7 Å². The molecule has 5 nitrogen and oxygen atoms in total. The van der Waals surface area contributed by atoms with Gasteiger partial charge in [0.2, 0.25) is 5.95 Å². The first-order valence-electron chi connectivity index (χ1n) is 9.01. The molecule has 1 aliphatic rings. The van der Waals surface area contributed by atoms with Gasteiger partial charge in [0.25, 0.3) is 0 Å². The monoisotopic (exact) mass is 369 g/mol. The maximum Gasteiger partial charge on any atom is 0.203 e. The van der Waals surface area contributed by atoms with Crippen molar-refractivity contribution in [3.05, 3.63) is 47.2 Å². The third-order valence-corrected chi connectivity index (χ3v) is 5.30. The number of H-pyrrole nitrogens is 1. The molecule has 0 saturated carbocycles. The van der Waals surface area contributed by atoms with E-state index in [1.807, 2.05) is 6.07 Å². The van der Waals surface area contributed by atoms with E-state index >= 15 is 0 Å². The number of halogens is 1. The number of nitrogens with one attached hydrogen (secondary N) is 1. The van der Waals surface area contributed by atoms with Gasteiger partial charge in [-0.25, -0.2) is 4.98 Å². The Morgan fingerprint density at radius 1 is 1.04 bits per heavy atom. The Bertz CT molecular complexity index is 919. The van der Waals surface area contributed by atoms with Crippen LogP contribution in [0.2, 0.25) is 5.02 Å². The third-order valence-electron chi connectivity index (χ3n) is 5.01. The maximum absolute atomic E-state index is 6.28. The van der Waals surface area contributed by atoms with Crippen LogP contribution >= 0.6 is 11.6 Å². The Hall–Kier alpha value is -2.27. The van der Waals surface area contributed by atoms with E-state index in [1.165, 1.54) is 5.56 Å². The predicted molar refractivity (Wildman–Crippen MR) is 108 cm³/mol. The molecule has 6 heteroatoms. The smallest absolute Gasteiger partial charge is 0.203 e. The molecule has 3 heterocycles. The lowest BCUT2D eigenvalue weighted by Gasteiger charge is -2.36. The molecule has 0 amide bonds. The van der Waals surface area contributed by atoms with Crippen molar-refractivity contribution in [3.8, 4) is 0 Å². The fourth-order valence-electron chi connectivity index (χ4n) is 3.40.